The van der Waals surface area contributed by atoms with E-state index in [0.717, 1.165) is 30.9 Å². The molecule has 0 saturated carbocycles. The molecule has 4 heteroatoms. The molecule has 2 N–H and O–H groups in total. The first kappa shape index (κ1) is 15.4. The maximum Gasteiger partial charge on any atom is 0.251 e. The molecule has 0 bridgehead atoms. The first-order chi connectivity index (χ1) is 10.1. The minimum absolute atomic E-state index is 0.0746. The smallest absolute Gasteiger partial charge is 0.251 e. The van der Waals surface area contributed by atoms with Gasteiger partial charge in [-0.25, -0.2) is 4.98 Å². The lowest BCUT2D eigenvalue weighted by Crippen LogP contribution is -2.22. The zero-order valence-electron chi connectivity index (χ0n) is 12.7. The number of rotatable bonds is 7. The SMILES string of the molecule is CC(C)CNCc1cc(=O)[nH]c(CCc2ccccc2)n1. The lowest BCUT2D eigenvalue weighted by atomic mass is 10.1. The van der Waals surface area contributed by atoms with E-state index in [2.05, 4.69) is 41.3 Å². The third-order valence-electron chi connectivity index (χ3n) is 3.20. The van der Waals surface area contributed by atoms with E-state index in [9.17, 15) is 4.79 Å². The average Bonchev–Trinajstić information content (AvgIpc) is 2.45. The van der Waals surface area contributed by atoms with Gasteiger partial charge in [-0.1, -0.05) is 44.2 Å². The van der Waals surface area contributed by atoms with Crippen molar-refractivity contribution in [2.24, 2.45) is 5.92 Å². The van der Waals surface area contributed by atoms with E-state index in [1.807, 2.05) is 18.2 Å². The first-order valence-corrected chi connectivity index (χ1v) is 7.47. The molecule has 1 aromatic carbocycles. The normalized spacial score (nSPS) is 11.0. The van der Waals surface area contributed by atoms with Gasteiger partial charge in [-0.2, -0.15) is 0 Å². The number of nitrogens with zero attached hydrogens (tertiary/aromatic N) is 1. The van der Waals surface area contributed by atoms with E-state index >= 15 is 0 Å². The number of H-pyrrole nitrogens is 1. The van der Waals surface area contributed by atoms with Crippen molar-refractivity contribution < 1.29 is 0 Å². The van der Waals surface area contributed by atoms with E-state index in [4.69, 9.17) is 0 Å². The second-order valence-corrected chi connectivity index (χ2v) is 5.69. The summed E-state index contributed by atoms with van der Waals surface area (Å²) in [5.74, 6) is 1.34. The highest BCUT2D eigenvalue weighted by Crippen LogP contribution is 2.03. The highest BCUT2D eigenvalue weighted by Gasteiger charge is 2.03. The summed E-state index contributed by atoms with van der Waals surface area (Å²) in [6.07, 6.45) is 1.63. The van der Waals surface area contributed by atoms with E-state index in [-0.39, 0.29) is 5.56 Å². The summed E-state index contributed by atoms with van der Waals surface area (Å²) in [5.41, 5.74) is 1.99. The molecule has 1 heterocycles. The molecule has 0 spiro atoms. The van der Waals surface area contributed by atoms with Crippen molar-refractivity contribution in [1.29, 1.82) is 0 Å². The van der Waals surface area contributed by atoms with Gasteiger partial charge < -0.3 is 10.3 Å². The summed E-state index contributed by atoms with van der Waals surface area (Å²) in [5, 5.41) is 3.31. The van der Waals surface area contributed by atoms with E-state index < -0.39 is 0 Å². The monoisotopic (exact) mass is 285 g/mol. The van der Waals surface area contributed by atoms with E-state index in [1.165, 1.54) is 5.56 Å². The molecule has 0 fully saturated rings. The number of benzene rings is 1. The number of nitrogens with one attached hydrogen (secondary N) is 2. The van der Waals surface area contributed by atoms with Crippen LogP contribution in [0.4, 0.5) is 0 Å². The minimum Gasteiger partial charge on any atom is -0.311 e. The lowest BCUT2D eigenvalue weighted by Gasteiger charge is -2.08. The summed E-state index contributed by atoms with van der Waals surface area (Å²) in [4.78, 5) is 19.0. The third kappa shape index (κ3) is 5.52. The maximum atomic E-state index is 11.7. The topological polar surface area (TPSA) is 57.8 Å². The lowest BCUT2D eigenvalue weighted by molar-refractivity contribution is 0.546. The Labute approximate surface area is 125 Å². The maximum absolute atomic E-state index is 11.7. The van der Waals surface area contributed by atoms with Crippen LogP contribution < -0.4 is 10.9 Å². The highest BCUT2D eigenvalue weighted by atomic mass is 16.1. The molecule has 0 unspecified atom stereocenters. The molecule has 0 atom stereocenters. The Morgan fingerprint density at radius 2 is 1.95 bits per heavy atom. The van der Waals surface area contributed by atoms with Crippen LogP contribution in [0.25, 0.3) is 0 Å². The van der Waals surface area contributed by atoms with Gasteiger partial charge >= 0.3 is 0 Å². The van der Waals surface area contributed by atoms with Gasteiger partial charge in [-0.05, 0) is 24.4 Å². The Bertz CT molecular complexity index is 605. The van der Waals surface area contributed by atoms with Crippen LogP contribution in [0.15, 0.2) is 41.2 Å². The molecule has 0 aliphatic heterocycles. The highest BCUT2D eigenvalue weighted by molar-refractivity contribution is 5.15. The molecule has 0 aliphatic rings. The number of aromatic amines is 1. The predicted molar refractivity (Wildman–Crippen MR) is 85.3 cm³/mol. The quantitative estimate of drug-likeness (QED) is 0.820. The van der Waals surface area contributed by atoms with Gasteiger partial charge in [0.2, 0.25) is 0 Å². The number of aryl methyl sites for hydroxylation is 2. The van der Waals surface area contributed by atoms with Crippen LogP contribution in [-0.2, 0) is 19.4 Å². The summed E-state index contributed by atoms with van der Waals surface area (Å²) >= 11 is 0. The molecule has 0 amide bonds. The molecule has 21 heavy (non-hydrogen) atoms. The van der Waals surface area contributed by atoms with E-state index in [1.54, 1.807) is 6.07 Å². The number of hydrogen-bond donors (Lipinski definition) is 2. The Kier molecular flexibility index (Phi) is 5.69. The zero-order chi connectivity index (χ0) is 15.1. The fourth-order valence-electron chi connectivity index (χ4n) is 2.17. The third-order valence-corrected chi connectivity index (χ3v) is 3.20. The summed E-state index contributed by atoms with van der Waals surface area (Å²) in [6.45, 7) is 5.88. The van der Waals surface area contributed by atoms with Crippen LogP contribution in [-0.4, -0.2) is 16.5 Å². The zero-order valence-corrected chi connectivity index (χ0v) is 12.7. The molecule has 0 radical (unpaired) electrons. The number of aromatic nitrogens is 2. The Morgan fingerprint density at radius 3 is 2.67 bits per heavy atom. The summed E-state index contributed by atoms with van der Waals surface area (Å²) in [7, 11) is 0. The van der Waals surface area contributed by atoms with Crippen LogP contribution >= 0.6 is 0 Å². The van der Waals surface area contributed by atoms with Crippen LogP contribution in [0.5, 0.6) is 0 Å². The van der Waals surface area contributed by atoms with Crippen LogP contribution in [0.2, 0.25) is 0 Å². The van der Waals surface area contributed by atoms with E-state index in [0.29, 0.717) is 12.5 Å². The molecule has 4 nitrogen and oxygen atoms in total. The van der Waals surface area contributed by atoms with Crippen molar-refractivity contribution in [3.05, 3.63) is 63.8 Å². The molecule has 0 aliphatic carbocycles. The van der Waals surface area contributed by atoms with Crippen LogP contribution in [0, 0.1) is 5.92 Å². The Morgan fingerprint density at radius 1 is 1.19 bits per heavy atom. The van der Waals surface area contributed by atoms with Crippen LogP contribution in [0.3, 0.4) is 0 Å². The predicted octanol–water partition coefficient (Wildman–Crippen LogP) is 2.30. The second kappa shape index (κ2) is 7.74. The van der Waals surface area contributed by atoms with Crippen molar-refractivity contribution in [3.63, 3.8) is 0 Å². The van der Waals surface area contributed by atoms with Crippen molar-refractivity contribution in [2.75, 3.05) is 6.54 Å². The van der Waals surface area contributed by atoms with Gasteiger partial charge in [0.1, 0.15) is 5.82 Å². The molecule has 0 saturated heterocycles. The van der Waals surface area contributed by atoms with Gasteiger partial charge in [-0.3, -0.25) is 4.79 Å². The fourth-order valence-corrected chi connectivity index (χ4v) is 2.17. The average molecular weight is 285 g/mol. The molecule has 112 valence electrons. The van der Waals surface area contributed by atoms with Gasteiger partial charge in [0, 0.05) is 19.0 Å². The van der Waals surface area contributed by atoms with Gasteiger partial charge in [0.25, 0.3) is 5.56 Å². The van der Waals surface area contributed by atoms with Gasteiger partial charge in [0.15, 0.2) is 0 Å². The summed E-state index contributed by atoms with van der Waals surface area (Å²) < 4.78 is 0. The van der Waals surface area contributed by atoms with Crippen molar-refractivity contribution in [1.82, 2.24) is 15.3 Å². The fraction of sp³-hybridized carbons (Fsp3) is 0.412. The number of hydrogen-bond acceptors (Lipinski definition) is 3. The molecular weight excluding hydrogens is 262 g/mol. The van der Waals surface area contributed by atoms with Gasteiger partial charge in [0.05, 0.1) is 5.69 Å². The van der Waals surface area contributed by atoms with Gasteiger partial charge in [-0.15, -0.1) is 0 Å². The molecule has 2 aromatic rings. The summed E-state index contributed by atoms with van der Waals surface area (Å²) in [6, 6.07) is 11.8. The molecule has 2 rings (SSSR count). The Balaban J connectivity index is 1.96. The van der Waals surface area contributed by atoms with Crippen molar-refractivity contribution in [3.8, 4) is 0 Å². The minimum atomic E-state index is -0.0746. The van der Waals surface area contributed by atoms with Crippen molar-refractivity contribution in [2.45, 2.75) is 33.2 Å². The molecule has 1 aromatic heterocycles. The second-order valence-electron chi connectivity index (χ2n) is 5.69. The Hall–Kier alpha value is -1.94. The largest absolute Gasteiger partial charge is 0.311 e. The molecular formula is C17H23N3O. The van der Waals surface area contributed by atoms with Crippen LogP contribution in [0.1, 0.15) is 30.9 Å². The van der Waals surface area contributed by atoms with Crippen molar-refractivity contribution >= 4 is 0 Å². The first-order valence-electron chi connectivity index (χ1n) is 7.47. The standard InChI is InChI=1S/C17H23N3O/c1-13(2)11-18-12-15-10-17(21)20-16(19-15)9-8-14-6-4-3-5-7-14/h3-7,10,13,18H,8-9,11-12H2,1-2H3,(H,19,20,21).